The van der Waals surface area contributed by atoms with Gasteiger partial charge < -0.3 is 5.32 Å². The van der Waals surface area contributed by atoms with Gasteiger partial charge in [-0.05, 0) is 70.3 Å². The van der Waals surface area contributed by atoms with Gasteiger partial charge in [0.1, 0.15) is 0 Å². The Balaban J connectivity index is 1.48. The summed E-state index contributed by atoms with van der Waals surface area (Å²) in [5, 5.41) is 3.96. The van der Waals surface area contributed by atoms with Crippen molar-refractivity contribution in [1.82, 2.24) is 10.2 Å². The Morgan fingerprint density at radius 3 is 2.26 bits per heavy atom. The molecule has 2 heteroatoms. The zero-order chi connectivity index (χ0) is 13.1. The molecule has 108 valence electrons. The van der Waals surface area contributed by atoms with Gasteiger partial charge in [-0.3, -0.25) is 4.90 Å². The summed E-state index contributed by atoms with van der Waals surface area (Å²) in [6.45, 7) is 8.92. The fraction of sp³-hybridized carbons (Fsp3) is 1.00. The van der Waals surface area contributed by atoms with E-state index in [1.807, 2.05) is 0 Å². The van der Waals surface area contributed by atoms with E-state index in [2.05, 4.69) is 24.1 Å². The summed E-state index contributed by atoms with van der Waals surface area (Å²) >= 11 is 0. The molecule has 0 amide bonds. The second-order valence-electron chi connectivity index (χ2n) is 8.33. The van der Waals surface area contributed by atoms with Crippen LogP contribution in [0.4, 0.5) is 0 Å². The summed E-state index contributed by atoms with van der Waals surface area (Å²) < 4.78 is 0. The number of rotatable bonds is 5. The summed E-state index contributed by atoms with van der Waals surface area (Å²) in [6.07, 6.45) is 10.3. The van der Waals surface area contributed by atoms with Gasteiger partial charge in [0.25, 0.3) is 0 Å². The van der Waals surface area contributed by atoms with Gasteiger partial charge >= 0.3 is 0 Å². The predicted molar refractivity (Wildman–Crippen MR) is 79.2 cm³/mol. The van der Waals surface area contributed by atoms with Crippen molar-refractivity contribution < 1.29 is 0 Å². The minimum absolute atomic E-state index is 0.415. The summed E-state index contributed by atoms with van der Waals surface area (Å²) in [4.78, 5) is 2.90. The van der Waals surface area contributed by atoms with Gasteiger partial charge in [0.15, 0.2) is 0 Å². The number of piperazine rings is 1. The lowest BCUT2D eigenvalue weighted by Crippen LogP contribution is -2.69. The summed E-state index contributed by atoms with van der Waals surface area (Å²) in [7, 11) is 0. The first-order valence-corrected chi connectivity index (χ1v) is 8.60. The first-order chi connectivity index (χ1) is 9.10. The topological polar surface area (TPSA) is 15.3 Å². The van der Waals surface area contributed by atoms with Crippen LogP contribution < -0.4 is 5.32 Å². The van der Waals surface area contributed by atoms with Crippen molar-refractivity contribution in [3.05, 3.63) is 0 Å². The van der Waals surface area contributed by atoms with Crippen molar-refractivity contribution in [2.24, 2.45) is 17.8 Å². The molecule has 19 heavy (non-hydrogen) atoms. The van der Waals surface area contributed by atoms with Crippen LogP contribution >= 0.6 is 0 Å². The van der Waals surface area contributed by atoms with Crippen LogP contribution in [0.2, 0.25) is 0 Å². The molecule has 3 aliphatic carbocycles. The third-order valence-electron chi connectivity index (χ3n) is 6.53. The average Bonchev–Trinajstić information content (AvgIpc) is 3.27. The average molecular weight is 262 g/mol. The molecule has 3 saturated carbocycles. The van der Waals surface area contributed by atoms with Gasteiger partial charge in [-0.25, -0.2) is 0 Å². The second kappa shape index (κ2) is 4.21. The van der Waals surface area contributed by atoms with Gasteiger partial charge in [0.05, 0.1) is 0 Å². The molecule has 1 aliphatic heterocycles. The molecule has 2 atom stereocenters. The molecular formula is C17H30N2. The standard InChI is InChI=1S/C17H30N2/c1-16(14-5-6-14)12-19(10-9-13-3-4-13)17(2,11-18-16)15-7-8-15/h13-15,18H,3-12H2,1-2H3. The molecule has 0 radical (unpaired) electrons. The molecule has 4 rings (SSSR count). The number of nitrogens with zero attached hydrogens (tertiary/aromatic N) is 1. The minimum atomic E-state index is 0.415. The molecule has 1 heterocycles. The van der Waals surface area contributed by atoms with Crippen LogP contribution in [0.5, 0.6) is 0 Å². The molecule has 0 aromatic carbocycles. The van der Waals surface area contributed by atoms with Crippen LogP contribution in [0.25, 0.3) is 0 Å². The van der Waals surface area contributed by atoms with Crippen LogP contribution in [0.15, 0.2) is 0 Å². The van der Waals surface area contributed by atoms with Gasteiger partial charge in [-0.15, -0.1) is 0 Å². The molecule has 2 nitrogen and oxygen atoms in total. The summed E-state index contributed by atoms with van der Waals surface area (Å²) in [5.41, 5.74) is 0.876. The largest absolute Gasteiger partial charge is 0.308 e. The van der Waals surface area contributed by atoms with E-state index in [1.54, 1.807) is 0 Å². The number of hydrogen-bond donors (Lipinski definition) is 1. The molecule has 1 N–H and O–H groups in total. The van der Waals surface area contributed by atoms with Crippen molar-refractivity contribution in [2.75, 3.05) is 19.6 Å². The Bertz CT molecular complexity index is 356. The fourth-order valence-corrected chi connectivity index (χ4v) is 4.31. The lowest BCUT2D eigenvalue weighted by Gasteiger charge is -2.53. The van der Waals surface area contributed by atoms with E-state index in [4.69, 9.17) is 0 Å². The molecule has 0 aromatic rings. The Labute approximate surface area is 118 Å². The van der Waals surface area contributed by atoms with Crippen molar-refractivity contribution in [2.45, 2.75) is 69.9 Å². The summed E-state index contributed by atoms with van der Waals surface area (Å²) in [6, 6.07) is 0. The molecule has 4 aliphatic rings. The van der Waals surface area contributed by atoms with Gasteiger partial charge in [0, 0.05) is 24.2 Å². The molecule has 0 bridgehead atoms. The highest BCUT2D eigenvalue weighted by Gasteiger charge is 2.54. The van der Waals surface area contributed by atoms with E-state index >= 15 is 0 Å². The van der Waals surface area contributed by atoms with Crippen LogP contribution in [-0.4, -0.2) is 35.6 Å². The van der Waals surface area contributed by atoms with Crippen molar-refractivity contribution in [3.63, 3.8) is 0 Å². The van der Waals surface area contributed by atoms with E-state index in [9.17, 15) is 0 Å². The lowest BCUT2D eigenvalue weighted by atomic mass is 9.83. The number of nitrogens with one attached hydrogen (secondary N) is 1. The van der Waals surface area contributed by atoms with E-state index in [0.29, 0.717) is 11.1 Å². The maximum atomic E-state index is 3.96. The Morgan fingerprint density at radius 1 is 1.00 bits per heavy atom. The van der Waals surface area contributed by atoms with E-state index in [1.165, 1.54) is 64.6 Å². The molecule has 1 saturated heterocycles. The SMILES string of the molecule is CC1(C2CC2)CN(CCC2CC2)C(C)(C2CC2)CN1. The molecular weight excluding hydrogens is 232 g/mol. The maximum Gasteiger partial charge on any atom is 0.0334 e. The normalized spacial score (nSPS) is 44.5. The zero-order valence-electron chi connectivity index (χ0n) is 12.8. The van der Waals surface area contributed by atoms with Crippen LogP contribution in [-0.2, 0) is 0 Å². The smallest absolute Gasteiger partial charge is 0.0334 e. The highest BCUT2D eigenvalue weighted by molar-refractivity contribution is 5.11. The highest BCUT2D eigenvalue weighted by atomic mass is 15.3. The fourth-order valence-electron chi connectivity index (χ4n) is 4.31. The minimum Gasteiger partial charge on any atom is -0.308 e. The first-order valence-electron chi connectivity index (χ1n) is 8.60. The Kier molecular flexibility index (Phi) is 2.80. The highest BCUT2D eigenvalue weighted by Crippen LogP contribution is 2.49. The van der Waals surface area contributed by atoms with Crippen molar-refractivity contribution in [1.29, 1.82) is 0 Å². The molecule has 0 spiro atoms. The Hall–Kier alpha value is -0.0800. The zero-order valence-corrected chi connectivity index (χ0v) is 12.8. The van der Waals surface area contributed by atoms with E-state index in [0.717, 1.165) is 17.8 Å². The molecule has 2 unspecified atom stereocenters. The predicted octanol–water partition coefficient (Wildman–Crippen LogP) is 3.03. The van der Waals surface area contributed by atoms with E-state index < -0.39 is 0 Å². The van der Waals surface area contributed by atoms with Crippen LogP contribution in [0, 0.1) is 17.8 Å². The van der Waals surface area contributed by atoms with Gasteiger partial charge in [0.2, 0.25) is 0 Å². The summed E-state index contributed by atoms with van der Waals surface area (Å²) in [5.74, 6) is 3.01. The van der Waals surface area contributed by atoms with Crippen LogP contribution in [0.3, 0.4) is 0 Å². The van der Waals surface area contributed by atoms with Crippen molar-refractivity contribution >= 4 is 0 Å². The van der Waals surface area contributed by atoms with Crippen molar-refractivity contribution in [3.8, 4) is 0 Å². The second-order valence-corrected chi connectivity index (χ2v) is 8.33. The van der Waals surface area contributed by atoms with E-state index in [-0.39, 0.29) is 0 Å². The first kappa shape index (κ1) is 12.6. The third kappa shape index (κ3) is 2.35. The third-order valence-corrected chi connectivity index (χ3v) is 6.53. The Morgan fingerprint density at radius 2 is 1.68 bits per heavy atom. The lowest BCUT2D eigenvalue weighted by molar-refractivity contribution is -0.00234. The molecule has 0 aromatic heterocycles. The number of hydrogen-bond acceptors (Lipinski definition) is 2. The molecule has 4 fully saturated rings. The quantitative estimate of drug-likeness (QED) is 0.819. The maximum absolute atomic E-state index is 3.96. The van der Waals surface area contributed by atoms with Gasteiger partial charge in [-0.1, -0.05) is 12.8 Å². The van der Waals surface area contributed by atoms with Gasteiger partial charge in [-0.2, -0.15) is 0 Å². The monoisotopic (exact) mass is 262 g/mol. The van der Waals surface area contributed by atoms with Crippen LogP contribution in [0.1, 0.15) is 58.8 Å².